The highest BCUT2D eigenvalue weighted by atomic mass is 16.6. The molecule has 0 saturated heterocycles. The SMILES string of the molecule is CC(C)(C)OC(=O)NCCOC(=O)C1CCCCCC1. The Labute approximate surface area is 121 Å². The molecule has 0 aliphatic heterocycles. The molecule has 1 aliphatic rings. The van der Waals surface area contributed by atoms with Gasteiger partial charge in [0.25, 0.3) is 0 Å². The molecule has 1 saturated carbocycles. The first-order valence-corrected chi connectivity index (χ1v) is 7.52. The fraction of sp³-hybridized carbons (Fsp3) is 0.867. The van der Waals surface area contributed by atoms with Crippen LogP contribution >= 0.6 is 0 Å². The maximum absolute atomic E-state index is 11.9. The van der Waals surface area contributed by atoms with Gasteiger partial charge in [0.2, 0.25) is 0 Å². The highest BCUT2D eigenvalue weighted by molar-refractivity contribution is 5.72. The van der Waals surface area contributed by atoms with Gasteiger partial charge < -0.3 is 14.8 Å². The van der Waals surface area contributed by atoms with Gasteiger partial charge in [-0.25, -0.2) is 4.79 Å². The van der Waals surface area contributed by atoms with Crippen LogP contribution in [0.5, 0.6) is 0 Å². The summed E-state index contributed by atoms with van der Waals surface area (Å²) >= 11 is 0. The van der Waals surface area contributed by atoms with Crippen LogP contribution in [-0.2, 0) is 14.3 Å². The number of carbonyl (C=O) groups is 2. The van der Waals surface area contributed by atoms with Gasteiger partial charge in [-0.3, -0.25) is 4.79 Å². The number of carbonyl (C=O) groups excluding carboxylic acids is 2. The van der Waals surface area contributed by atoms with Crippen LogP contribution in [0.1, 0.15) is 59.3 Å². The summed E-state index contributed by atoms with van der Waals surface area (Å²) in [5, 5.41) is 2.57. The van der Waals surface area contributed by atoms with E-state index in [-0.39, 0.29) is 25.0 Å². The molecule has 0 heterocycles. The van der Waals surface area contributed by atoms with Crippen molar-refractivity contribution in [1.29, 1.82) is 0 Å². The van der Waals surface area contributed by atoms with E-state index in [1.54, 1.807) is 20.8 Å². The summed E-state index contributed by atoms with van der Waals surface area (Å²) in [4.78, 5) is 23.2. The Hall–Kier alpha value is -1.26. The summed E-state index contributed by atoms with van der Waals surface area (Å²) in [6.07, 6.45) is 6.01. The average Bonchev–Trinajstić information content (AvgIpc) is 2.61. The summed E-state index contributed by atoms with van der Waals surface area (Å²) < 4.78 is 10.3. The molecule has 5 heteroatoms. The zero-order valence-electron chi connectivity index (χ0n) is 12.9. The Morgan fingerprint density at radius 3 is 2.25 bits per heavy atom. The first kappa shape index (κ1) is 16.8. The lowest BCUT2D eigenvalue weighted by molar-refractivity contribution is -0.148. The average molecular weight is 285 g/mol. The molecule has 0 atom stereocenters. The van der Waals surface area contributed by atoms with Crippen LogP contribution < -0.4 is 5.32 Å². The number of hydrogen-bond donors (Lipinski definition) is 1. The Morgan fingerprint density at radius 1 is 1.10 bits per heavy atom. The van der Waals surface area contributed by atoms with E-state index in [1.165, 1.54) is 12.8 Å². The van der Waals surface area contributed by atoms with Crippen molar-refractivity contribution in [3.05, 3.63) is 0 Å². The molecule has 1 amide bonds. The van der Waals surface area contributed by atoms with E-state index in [9.17, 15) is 9.59 Å². The number of rotatable bonds is 4. The van der Waals surface area contributed by atoms with Crippen LogP contribution in [0.15, 0.2) is 0 Å². The molecular formula is C15H27NO4. The number of amides is 1. The maximum atomic E-state index is 11.9. The predicted octanol–water partition coefficient (Wildman–Crippen LogP) is 3.02. The summed E-state index contributed by atoms with van der Waals surface area (Å²) in [5.74, 6) is -0.0862. The molecule has 0 radical (unpaired) electrons. The molecule has 5 nitrogen and oxygen atoms in total. The molecule has 20 heavy (non-hydrogen) atoms. The molecule has 0 spiro atoms. The van der Waals surface area contributed by atoms with Crippen molar-refractivity contribution in [3.63, 3.8) is 0 Å². The standard InChI is InChI=1S/C15H27NO4/c1-15(2,3)20-14(18)16-10-11-19-13(17)12-8-6-4-5-7-9-12/h12H,4-11H2,1-3H3,(H,16,18). The van der Waals surface area contributed by atoms with Crippen LogP contribution in [0.3, 0.4) is 0 Å². The van der Waals surface area contributed by atoms with Gasteiger partial charge in [-0.1, -0.05) is 25.7 Å². The third-order valence-electron chi connectivity index (χ3n) is 3.20. The number of ether oxygens (including phenoxy) is 2. The van der Waals surface area contributed by atoms with Gasteiger partial charge >= 0.3 is 12.1 Å². The zero-order valence-corrected chi connectivity index (χ0v) is 12.9. The number of alkyl carbamates (subject to hydrolysis) is 1. The van der Waals surface area contributed by atoms with E-state index in [0.29, 0.717) is 0 Å². The second-order valence-electron chi connectivity index (χ2n) is 6.28. The third-order valence-corrected chi connectivity index (χ3v) is 3.20. The lowest BCUT2D eigenvalue weighted by atomic mass is 10.0. The monoisotopic (exact) mass is 285 g/mol. The Balaban J connectivity index is 2.14. The molecule has 116 valence electrons. The van der Waals surface area contributed by atoms with Gasteiger partial charge in [0.1, 0.15) is 12.2 Å². The first-order valence-electron chi connectivity index (χ1n) is 7.52. The van der Waals surface area contributed by atoms with Crippen molar-refractivity contribution >= 4 is 12.1 Å². The highest BCUT2D eigenvalue weighted by Crippen LogP contribution is 2.23. The zero-order chi connectivity index (χ0) is 15.0. The molecule has 1 fully saturated rings. The van der Waals surface area contributed by atoms with Crippen molar-refractivity contribution in [2.24, 2.45) is 5.92 Å². The summed E-state index contributed by atoms with van der Waals surface area (Å²) in [5.41, 5.74) is -0.513. The fourth-order valence-electron chi connectivity index (χ4n) is 2.25. The van der Waals surface area contributed by atoms with Gasteiger partial charge in [-0.15, -0.1) is 0 Å². The van der Waals surface area contributed by atoms with E-state index in [4.69, 9.17) is 9.47 Å². The van der Waals surface area contributed by atoms with E-state index in [2.05, 4.69) is 5.32 Å². The van der Waals surface area contributed by atoms with E-state index in [1.807, 2.05) is 0 Å². The maximum Gasteiger partial charge on any atom is 0.407 e. The lowest BCUT2D eigenvalue weighted by Crippen LogP contribution is -2.34. The molecule has 1 N–H and O–H groups in total. The summed E-state index contributed by atoms with van der Waals surface area (Å²) in [6, 6.07) is 0. The largest absolute Gasteiger partial charge is 0.464 e. The first-order chi connectivity index (χ1) is 9.38. The third kappa shape index (κ3) is 7.36. The van der Waals surface area contributed by atoms with Crippen molar-refractivity contribution < 1.29 is 19.1 Å². The molecular weight excluding hydrogens is 258 g/mol. The Bertz CT molecular complexity index is 314. The lowest BCUT2D eigenvalue weighted by Gasteiger charge is -2.19. The second kappa shape index (κ2) is 8.12. The minimum Gasteiger partial charge on any atom is -0.464 e. The van der Waals surface area contributed by atoms with Gasteiger partial charge in [-0.05, 0) is 33.6 Å². The molecule has 0 aromatic rings. The second-order valence-corrected chi connectivity index (χ2v) is 6.28. The highest BCUT2D eigenvalue weighted by Gasteiger charge is 2.21. The summed E-state index contributed by atoms with van der Waals surface area (Å²) in [7, 11) is 0. The van der Waals surface area contributed by atoms with Crippen LogP contribution in [0.2, 0.25) is 0 Å². The molecule has 0 aromatic carbocycles. The van der Waals surface area contributed by atoms with Crippen molar-refractivity contribution in [1.82, 2.24) is 5.32 Å². The van der Waals surface area contributed by atoms with E-state index in [0.717, 1.165) is 25.7 Å². The summed E-state index contributed by atoms with van der Waals surface area (Å²) in [6.45, 7) is 5.90. The molecule has 1 rings (SSSR count). The number of esters is 1. The Morgan fingerprint density at radius 2 is 1.70 bits per heavy atom. The minimum absolute atomic E-state index is 0.0408. The molecule has 0 bridgehead atoms. The van der Waals surface area contributed by atoms with Crippen LogP contribution in [0, 0.1) is 5.92 Å². The van der Waals surface area contributed by atoms with Crippen molar-refractivity contribution in [2.45, 2.75) is 64.9 Å². The quantitative estimate of drug-likeness (QED) is 0.490. The molecule has 1 aliphatic carbocycles. The number of hydrogen-bond acceptors (Lipinski definition) is 4. The van der Waals surface area contributed by atoms with E-state index >= 15 is 0 Å². The van der Waals surface area contributed by atoms with Crippen molar-refractivity contribution in [3.8, 4) is 0 Å². The Kier molecular flexibility index (Phi) is 6.82. The predicted molar refractivity (Wildman–Crippen MR) is 76.4 cm³/mol. The van der Waals surface area contributed by atoms with Crippen LogP contribution in [0.25, 0.3) is 0 Å². The van der Waals surface area contributed by atoms with Crippen molar-refractivity contribution in [2.75, 3.05) is 13.2 Å². The smallest absolute Gasteiger partial charge is 0.407 e. The van der Waals surface area contributed by atoms with Crippen LogP contribution in [-0.4, -0.2) is 30.8 Å². The van der Waals surface area contributed by atoms with Gasteiger partial charge in [0.15, 0.2) is 0 Å². The van der Waals surface area contributed by atoms with E-state index < -0.39 is 11.7 Å². The van der Waals surface area contributed by atoms with Gasteiger partial charge in [0.05, 0.1) is 12.5 Å². The fourth-order valence-corrected chi connectivity index (χ4v) is 2.25. The topological polar surface area (TPSA) is 64.6 Å². The van der Waals surface area contributed by atoms with Gasteiger partial charge in [0, 0.05) is 0 Å². The molecule has 0 unspecified atom stereocenters. The van der Waals surface area contributed by atoms with Crippen LogP contribution in [0.4, 0.5) is 4.79 Å². The minimum atomic E-state index is -0.513. The normalized spacial score (nSPS) is 17.1. The molecule has 0 aromatic heterocycles. The van der Waals surface area contributed by atoms with Gasteiger partial charge in [-0.2, -0.15) is 0 Å². The number of nitrogens with one attached hydrogen (secondary N) is 1.